The molecule has 4 aromatic rings. The number of anilines is 2. The van der Waals surface area contributed by atoms with E-state index in [1.165, 1.54) is 12.1 Å². The van der Waals surface area contributed by atoms with Crippen LogP contribution in [0.4, 0.5) is 11.4 Å². The van der Waals surface area contributed by atoms with E-state index in [0.29, 0.717) is 23.8 Å². The van der Waals surface area contributed by atoms with Crippen molar-refractivity contribution in [1.29, 1.82) is 0 Å². The second kappa shape index (κ2) is 11.6. The molecule has 0 saturated carbocycles. The normalized spacial score (nSPS) is 21.0. The Labute approximate surface area is 255 Å². The molecular weight excluding hydrogens is 532 g/mol. The first kappa shape index (κ1) is 29.0. The summed E-state index contributed by atoms with van der Waals surface area (Å²) in [6.07, 6.45) is 1.83. The maximum atomic E-state index is 14.2. The predicted octanol–water partition coefficient (Wildman–Crippen LogP) is 7.57. The zero-order valence-electron chi connectivity index (χ0n) is 26.3. The Kier molecular flexibility index (Phi) is 7.80. The molecule has 2 aliphatic heterocycles. The Morgan fingerprint density at radius 3 is 2.28 bits per heavy atom. The van der Waals surface area contributed by atoms with Crippen LogP contribution in [-0.4, -0.2) is 40.4 Å². The summed E-state index contributed by atoms with van der Waals surface area (Å²) in [5.74, 6) is 1.32. The molecule has 2 amide bonds. The molecular formula is C37H44N4O2. The number of para-hydroxylation sites is 1. The lowest BCUT2D eigenvalue weighted by molar-refractivity contribution is -0.121. The molecule has 4 atom stereocenters. The molecule has 3 heterocycles. The van der Waals surface area contributed by atoms with Gasteiger partial charge in [0.15, 0.2) is 0 Å². The third-order valence-corrected chi connectivity index (χ3v) is 9.42. The minimum atomic E-state index is -0.633. The molecule has 1 aromatic heterocycles. The van der Waals surface area contributed by atoms with Gasteiger partial charge in [-0.05, 0) is 79.5 Å². The quantitative estimate of drug-likeness (QED) is 0.247. The number of rotatable bonds is 7. The number of aryl methyl sites for hydroxylation is 1. The number of nitrogens with zero attached hydrogens (tertiary/aromatic N) is 3. The number of carbonyl (C=O) groups excluding carboxylic acids is 2. The van der Waals surface area contributed by atoms with Crippen molar-refractivity contribution in [2.24, 2.45) is 24.8 Å². The van der Waals surface area contributed by atoms with E-state index >= 15 is 0 Å². The molecule has 1 fully saturated rings. The van der Waals surface area contributed by atoms with Gasteiger partial charge < -0.3 is 19.7 Å². The van der Waals surface area contributed by atoms with Gasteiger partial charge in [-0.15, -0.1) is 0 Å². The first-order valence-electron chi connectivity index (χ1n) is 15.7. The van der Waals surface area contributed by atoms with E-state index < -0.39 is 6.04 Å². The van der Waals surface area contributed by atoms with Gasteiger partial charge >= 0.3 is 0 Å². The van der Waals surface area contributed by atoms with Crippen LogP contribution < -0.4 is 10.2 Å². The molecule has 224 valence electrons. The Morgan fingerprint density at radius 1 is 0.930 bits per heavy atom. The molecule has 4 unspecified atom stereocenters. The number of amides is 2. The lowest BCUT2D eigenvalue weighted by Gasteiger charge is -2.36. The van der Waals surface area contributed by atoms with Crippen LogP contribution in [0.5, 0.6) is 0 Å². The number of carbonyl (C=O) groups is 2. The fourth-order valence-electron chi connectivity index (χ4n) is 7.50. The maximum Gasteiger partial charge on any atom is 0.255 e. The molecule has 0 radical (unpaired) electrons. The summed E-state index contributed by atoms with van der Waals surface area (Å²) in [6, 6.07) is 23.4. The first-order valence-corrected chi connectivity index (χ1v) is 15.7. The van der Waals surface area contributed by atoms with Crippen molar-refractivity contribution in [1.82, 2.24) is 9.47 Å². The van der Waals surface area contributed by atoms with Crippen LogP contribution in [-0.2, 0) is 11.8 Å². The predicted molar refractivity (Wildman–Crippen MR) is 176 cm³/mol. The van der Waals surface area contributed by atoms with Crippen LogP contribution in [0.25, 0.3) is 10.9 Å². The molecule has 2 aliphatic rings. The fraction of sp³-hybridized carbons (Fsp3) is 0.405. The second-order valence-electron chi connectivity index (χ2n) is 13.3. The van der Waals surface area contributed by atoms with Gasteiger partial charge in [-0.1, -0.05) is 64.1 Å². The average Bonchev–Trinajstić information content (AvgIpc) is 3.40. The molecule has 0 bridgehead atoms. The number of aromatic nitrogens is 1. The van der Waals surface area contributed by atoms with Gasteiger partial charge in [-0.2, -0.15) is 0 Å². The highest BCUT2D eigenvalue weighted by Gasteiger charge is 2.45. The van der Waals surface area contributed by atoms with Crippen molar-refractivity contribution < 1.29 is 9.59 Å². The Bertz CT molecular complexity index is 1640. The number of fused-ring (bicyclic) bond motifs is 2. The molecule has 6 nitrogen and oxygen atoms in total. The van der Waals surface area contributed by atoms with Crippen LogP contribution in [0.15, 0.2) is 72.8 Å². The minimum Gasteiger partial charge on any atom is -0.371 e. The van der Waals surface area contributed by atoms with Crippen LogP contribution in [0.2, 0.25) is 0 Å². The van der Waals surface area contributed by atoms with Gasteiger partial charge in [-0.3, -0.25) is 9.59 Å². The summed E-state index contributed by atoms with van der Waals surface area (Å²) in [5.41, 5.74) is 6.89. The zero-order valence-corrected chi connectivity index (χ0v) is 26.3. The molecule has 1 saturated heterocycles. The molecule has 6 heteroatoms. The Hall–Kier alpha value is -4.06. The number of benzene rings is 3. The summed E-state index contributed by atoms with van der Waals surface area (Å²) < 4.78 is 2.19. The van der Waals surface area contributed by atoms with Crippen LogP contribution in [0.1, 0.15) is 73.8 Å². The first-order chi connectivity index (χ1) is 20.6. The summed E-state index contributed by atoms with van der Waals surface area (Å²) in [7, 11) is 2.07. The fourth-order valence-corrected chi connectivity index (χ4v) is 7.50. The third-order valence-electron chi connectivity index (χ3n) is 9.42. The van der Waals surface area contributed by atoms with Crippen LogP contribution in [0, 0.1) is 24.7 Å². The van der Waals surface area contributed by atoms with Crippen molar-refractivity contribution in [3.63, 3.8) is 0 Å². The van der Waals surface area contributed by atoms with E-state index in [1.807, 2.05) is 53.4 Å². The van der Waals surface area contributed by atoms with Crippen molar-refractivity contribution in [3.05, 3.63) is 95.2 Å². The number of piperidine rings is 1. The summed E-state index contributed by atoms with van der Waals surface area (Å²) in [6.45, 7) is 13.1. The van der Waals surface area contributed by atoms with Crippen LogP contribution in [0.3, 0.4) is 0 Å². The number of hydrogen-bond donors (Lipinski definition) is 1. The van der Waals surface area contributed by atoms with E-state index in [-0.39, 0.29) is 23.8 Å². The molecule has 43 heavy (non-hydrogen) atoms. The van der Waals surface area contributed by atoms with Crippen molar-refractivity contribution in [3.8, 4) is 0 Å². The van der Waals surface area contributed by atoms with E-state index in [9.17, 15) is 9.59 Å². The summed E-state index contributed by atoms with van der Waals surface area (Å²) in [4.78, 5) is 32.7. The average molecular weight is 577 g/mol. The smallest absolute Gasteiger partial charge is 0.255 e. The zero-order chi connectivity index (χ0) is 30.4. The molecule has 3 aromatic carbocycles. The molecule has 6 rings (SSSR count). The topological polar surface area (TPSA) is 57.6 Å². The van der Waals surface area contributed by atoms with Gasteiger partial charge in [0.25, 0.3) is 5.91 Å². The third kappa shape index (κ3) is 5.32. The Morgan fingerprint density at radius 2 is 1.58 bits per heavy atom. The summed E-state index contributed by atoms with van der Waals surface area (Å²) >= 11 is 0. The monoisotopic (exact) mass is 576 g/mol. The minimum absolute atomic E-state index is 0.0857. The van der Waals surface area contributed by atoms with Crippen molar-refractivity contribution >= 4 is 34.1 Å². The highest BCUT2D eigenvalue weighted by Crippen LogP contribution is 2.45. The highest BCUT2D eigenvalue weighted by molar-refractivity contribution is 6.05. The highest BCUT2D eigenvalue weighted by atomic mass is 16.2. The molecule has 1 N–H and O–H groups in total. The van der Waals surface area contributed by atoms with E-state index in [4.69, 9.17) is 0 Å². The standard InChI is InChI=1S/C37H44N4O2/c1-23(2)19-33(36(42)38-27-15-17-28(18-16-27)40-21-24(3)20-25(4)22-40)41-35(29-11-7-8-12-30(29)37(41)43)34-26(5)39(6)32-14-10-9-13-31(32)34/h7-18,23-25,33,35H,19-22H2,1-6H3,(H,38,42). The Balaban J connectivity index is 1.35. The summed E-state index contributed by atoms with van der Waals surface area (Å²) in [5, 5.41) is 4.31. The van der Waals surface area contributed by atoms with Crippen LogP contribution >= 0.6 is 0 Å². The molecule has 0 aliphatic carbocycles. The van der Waals surface area contributed by atoms with E-state index in [1.54, 1.807) is 0 Å². The van der Waals surface area contributed by atoms with Gasteiger partial charge in [0.05, 0.1) is 6.04 Å². The van der Waals surface area contributed by atoms with Crippen molar-refractivity contribution in [2.45, 2.75) is 59.5 Å². The van der Waals surface area contributed by atoms with E-state index in [0.717, 1.165) is 46.5 Å². The lowest BCUT2D eigenvalue weighted by atomic mass is 9.91. The van der Waals surface area contributed by atoms with Gasteiger partial charge in [-0.25, -0.2) is 0 Å². The van der Waals surface area contributed by atoms with E-state index in [2.05, 4.69) is 80.7 Å². The van der Waals surface area contributed by atoms with Gasteiger partial charge in [0, 0.05) is 59.2 Å². The maximum absolute atomic E-state index is 14.2. The second-order valence-corrected chi connectivity index (χ2v) is 13.3. The SMILES string of the molecule is Cc1c(C2c3ccccc3C(=O)N2C(CC(C)C)C(=O)Nc2ccc(N3CC(C)CC(C)C3)cc2)c2ccccc2n1C. The van der Waals surface area contributed by atoms with Gasteiger partial charge in [0.2, 0.25) is 5.91 Å². The number of hydrogen-bond acceptors (Lipinski definition) is 3. The van der Waals surface area contributed by atoms with Crippen molar-refractivity contribution in [2.75, 3.05) is 23.3 Å². The number of nitrogens with one attached hydrogen (secondary N) is 1. The largest absolute Gasteiger partial charge is 0.371 e. The lowest BCUT2D eigenvalue weighted by Crippen LogP contribution is -2.47. The molecule has 0 spiro atoms. The van der Waals surface area contributed by atoms with Gasteiger partial charge in [0.1, 0.15) is 6.04 Å².